The highest BCUT2D eigenvalue weighted by atomic mass is 16.3. The van der Waals surface area contributed by atoms with Crippen LogP contribution in [-0.4, -0.2) is 27.7 Å². The predicted molar refractivity (Wildman–Crippen MR) is 84.2 cm³/mol. The number of hydrogen-bond donors (Lipinski definition) is 2. The molecule has 0 aromatic carbocycles. The van der Waals surface area contributed by atoms with Crippen LogP contribution in [-0.2, 0) is 4.79 Å². The second-order valence-corrected chi connectivity index (χ2v) is 9.14. The van der Waals surface area contributed by atoms with Crippen LogP contribution in [0.2, 0.25) is 0 Å². The predicted octanol–water partition coefficient (Wildman–Crippen LogP) is 3.07. The van der Waals surface area contributed by atoms with Crippen LogP contribution in [0.3, 0.4) is 0 Å². The number of carbonyl (C=O) groups is 1. The molecule has 0 heterocycles. The van der Waals surface area contributed by atoms with Crippen LogP contribution in [0.5, 0.6) is 0 Å². The average Bonchev–Trinajstić information content (AvgIpc) is 2.72. The molecule has 0 aromatic heterocycles. The molecule has 0 spiro atoms. The molecule has 4 rings (SSSR count). The molecule has 0 aliphatic heterocycles. The number of aliphatic hydroxyl groups excluding tert-OH is 1. The van der Waals surface area contributed by atoms with E-state index in [1.165, 1.54) is 0 Å². The van der Waals surface area contributed by atoms with E-state index in [9.17, 15) is 15.0 Å². The maximum absolute atomic E-state index is 12.4. The van der Waals surface area contributed by atoms with Gasteiger partial charge < -0.3 is 10.2 Å². The van der Waals surface area contributed by atoms with E-state index in [-0.39, 0.29) is 17.4 Å². The quantitative estimate of drug-likeness (QED) is 0.723. The molecule has 22 heavy (non-hydrogen) atoms. The van der Waals surface area contributed by atoms with Crippen LogP contribution >= 0.6 is 0 Å². The Morgan fingerprint density at radius 3 is 2.55 bits per heavy atom. The van der Waals surface area contributed by atoms with E-state index >= 15 is 0 Å². The molecular weight excluding hydrogens is 276 g/mol. The molecule has 0 radical (unpaired) electrons. The molecule has 3 nitrogen and oxygen atoms in total. The number of carbonyl (C=O) groups excluding carboxylic acids is 1. The van der Waals surface area contributed by atoms with E-state index in [1.807, 2.05) is 6.92 Å². The Bertz CT molecular complexity index is 503. The van der Waals surface area contributed by atoms with Gasteiger partial charge in [-0.1, -0.05) is 6.92 Å². The normalized spacial score (nSPS) is 57.9. The smallest absolute Gasteiger partial charge is 0.141 e. The minimum Gasteiger partial charge on any atom is -0.393 e. The van der Waals surface area contributed by atoms with Gasteiger partial charge in [0.2, 0.25) is 0 Å². The van der Waals surface area contributed by atoms with Crippen LogP contribution in [0.1, 0.15) is 71.6 Å². The third-order valence-electron chi connectivity index (χ3n) is 8.54. The van der Waals surface area contributed by atoms with Gasteiger partial charge in [-0.3, -0.25) is 4.79 Å². The molecule has 3 heteroatoms. The fourth-order valence-electron chi connectivity index (χ4n) is 6.97. The zero-order chi connectivity index (χ0) is 15.8. The van der Waals surface area contributed by atoms with Gasteiger partial charge in [-0.05, 0) is 81.5 Å². The van der Waals surface area contributed by atoms with E-state index in [4.69, 9.17) is 0 Å². The lowest BCUT2D eigenvalue weighted by atomic mass is 9.44. The van der Waals surface area contributed by atoms with Crippen molar-refractivity contribution < 1.29 is 15.0 Å². The molecule has 2 N–H and O–H groups in total. The van der Waals surface area contributed by atoms with Crippen LogP contribution in [0.25, 0.3) is 0 Å². The summed E-state index contributed by atoms with van der Waals surface area (Å²) < 4.78 is 0. The van der Waals surface area contributed by atoms with Crippen molar-refractivity contribution in [1.29, 1.82) is 0 Å². The monoisotopic (exact) mass is 306 g/mol. The summed E-state index contributed by atoms with van der Waals surface area (Å²) >= 11 is 0. The highest BCUT2D eigenvalue weighted by Gasteiger charge is 2.67. The van der Waals surface area contributed by atoms with Gasteiger partial charge in [-0.2, -0.15) is 0 Å². The van der Waals surface area contributed by atoms with Crippen LogP contribution in [0, 0.1) is 28.6 Å². The molecular formula is C19H30O3. The minimum absolute atomic E-state index is 0.125. The summed E-state index contributed by atoms with van der Waals surface area (Å²) in [7, 11) is 0. The molecule has 4 aliphatic rings. The first kappa shape index (κ1) is 15.1. The molecule has 0 amide bonds. The summed E-state index contributed by atoms with van der Waals surface area (Å²) in [6.45, 7) is 4.43. The number of rotatable bonds is 0. The summed E-state index contributed by atoms with van der Waals surface area (Å²) in [6.07, 6.45) is 8.13. The summed E-state index contributed by atoms with van der Waals surface area (Å²) in [5.74, 6) is 1.71. The number of ketones is 1. The third-order valence-corrected chi connectivity index (χ3v) is 8.54. The molecule has 0 aromatic rings. The van der Waals surface area contributed by atoms with Gasteiger partial charge in [0.05, 0.1) is 17.1 Å². The van der Waals surface area contributed by atoms with Crippen molar-refractivity contribution >= 4 is 5.78 Å². The summed E-state index contributed by atoms with van der Waals surface area (Å²) in [6, 6.07) is 0. The van der Waals surface area contributed by atoms with E-state index in [0.717, 1.165) is 44.9 Å². The molecule has 2 unspecified atom stereocenters. The van der Waals surface area contributed by atoms with E-state index in [2.05, 4.69) is 6.92 Å². The molecule has 4 aliphatic carbocycles. The standard InChI is InChI=1S/C19H30O3/c1-17-8-5-13(20)11-12(17)3-4-15-14(17)6-9-18(2)16(21)7-10-19(15,18)22/h12-15,20,22H,3-11H2,1-2H3/t12?,13?,14-,15-,17+,18-,19-/m1/s1. The summed E-state index contributed by atoms with van der Waals surface area (Å²) in [4.78, 5) is 12.4. The second-order valence-electron chi connectivity index (χ2n) is 9.14. The molecule has 7 atom stereocenters. The fourth-order valence-corrected chi connectivity index (χ4v) is 6.97. The first-order chi connectivity index (χ1) is 10.3. The average molecular weight is 306 g/mol. The Morgan fingerprint density at radius 2 is 1.77 bits per heavy atom. The van der Waals surface area contributed by atoms with Crippen molar-refractivity contribution in [3.63, 3.8) is 0 Å². The first-order valence-electron chi connectivity index (χ1n) is 9.25. The largest absolute Gasteiger partial charge is 0.393 e. The molecule has 0 saturated heterocycles. The Hall–Kier alpha value is -0.410. The lowest BCUT2D eigenvalue weighted by Gasteiger charge is -2.62. The minimum atomic E-state index is -0.767. The van der Waals surface area contributed by atoms with Gasteiger partial charge in [0.1, 0.15) is 5.78 Å². The van der Waals surface area contributed by atoms with Gasteiger partial charge in [-0.25, -0.2) is 0 Å². The lowest BCUT2D eigenvalue weighted by molar-refractivity contribution is -0.202. The van der Waals surface area contributed by atoms with Crippen LogP contribution in [0.15, 0.2) is 0 Å². The van der Waals surface area contributed by atoms with Crippen molar-refractivity contribution in [2.75, 3.05) is 0 Å². The van der Waals surface area contributed by atoms with Crippen molar-refractivity contribution in [3.8, 4) is 0 Å². The van der Waals surface area contributed by atoms with Gasteiger partial charge >= 0.3 is 0 Å². The molecule has 0 bridgehead atoms. The lowest BCUT2D eigenvalue weighted by Crippen LogP contribution is -2.62. The van der Waals surface area contributed by atoms with Crippen LogP contribution in [0.4, 0.5) is 0 Å². The number of Topliss-reactive ketones (excluding diaryl/α,β-unsaturated/α-hetero) is 1. The highest BCUT2D eigenvalue weighted by Crippen LogP contribution is 2.66. The Morgan fingerprint density at radius 1 is 1.00 bits per heavy atom. The number of aliphatic hydroxyl groups is 2. The Kier molecular flexibility index (Phi) is 3.14. The summed E-state index contributed by atoms with van der Waals surface area (Å²) in [5, 5.41) is 21.6. The zero-order valence-electron chi connectivity index (χ0n) is 14.0. The fraction of sp³-hybridized carbons (Fsp3) is 0.947. The Labute approximate surface area is 133 Å². The molecule has 4 fully saturated rings. The number of fused-ring (bicyclic) bond motifs is 5. The first-order valence-corrected chi connectivity index (χ1v) is 9.25. The second kappa shape index (κ2) is 4.57. The van der Waals surface area contributed by atoms with Crippen molar-refractivity contribution in [2.24, 2.45) is 28.6 Å². The van der Waals surface area contributed by atoms with Crippen molar-refractivity contribution in [2.45, 2.75) is 83.3 Å². The van der Waals surface area contributed by atoms with Gasteiger partial charge in [0.15, 0.2) is 0 Å². The zero-order valence-corrected chi connectivity index (χ0v) is 14.0. The van der Waals surface area contributed by atoms with Gasteiger partial charge in [0.25, 0.3) is 0 Å². The molecule has 124 valence electrons. The summed E-state index contributed by atoms with van der Waals surface area (Å²) in [5.41, 5.74) is -1.01. The highest BCUT2D eigenvalue weighted by molar-refractivity contribution is 5.88. The van der Waals surface area contributed by atoms with E-state index in [0.29, 0.717) is 30.5 Å². The van der Waals surface area contributed by atoms with Gasteiger partial charge in [0, 0.05) is 6.42 Å². The van der Waals surface area contributed by atoms with Crippen molar-refractivity contribution in [1.82, 2.24) is 0 Å². The van der Waals surface area contributed by atoms with E-state index < -0.39 is 11.0 Å². The third kappa shape index (κ3) is 1.67. The van der Waals surface area contributed by atoms with Gasteiger partial charge in [-0.15, -0.1) is 0 Å². The maximum atomic E-state index is 12.4. The molecule has 4 saturated carbocycles. The van der Waals surface area contributed by atoms with E-state index in [1.54, 1.807) is 0 Å². The van der Waals surface area contributed by atoms with Crippen LogP contribution < -0.4 is 0 Å². The maximum Gasteiger partial charge on any atom is 0.141 e. The number of hydrogen-bond acceptors (Lipinski definition) is 3. The topological polar surface area (TPSA) is 57.5 Å². The SMILES string of the molecule is C[C@]12CCC(O)CC1CC[C@@H]1[C@H]2CC[C@]2(C)C(=O)CC[C@@]12O. The van der Waals surface area contributed by atoms with Crippen molar-refractivity contribution in [3.05, 3.63) is 0 Å². The Balaban J connectivity index is 1.69.